The maximum atomic E-state index is 12.6. The number of anilines is 1. The summed E-state index contributed by atoms with van der Waals surface area (Å²) < 4.78 is 31.7. The second-order valence-electron chi connectivity index (χ2n) is 7.16. The molecule has 0 spiro atoms. The van der Waals surface area contributed by atoms with Gasteiger partial charge in [0.05, 0.1) is 5.92 Å². The van der Waals surface area contributed by atoms with E-state index in [9.17, 15) is 22.8 Å². The highest BCUT2D eigenvalue weighted by atomic mass is 32.2. The summed E-state index contributed by atoms with van der Waals surface area (Å²) in [6.45, 7) is 1.33. The van der Waals surface area contributed by atoms with Crippen LogP contribution in [-0.2, 0) is 24.3 Å². The van der Waals surface area contributed by atoms with E-state index in [-0.39, 0.29) is 23.8 Å². The van der Waals surface area contributed by atoms with Crippen molar-refractivity contribution in [1.29, 1.82) is 0 Å². The van der Waals surface area contributed by atoms with Crippen molar-refractivity contribution < 1.29 is 27.5 Å². The zero-order chi connectivity index (χ0) is 22.4. The number of ether oxygens (including phenoxy) is 1. The van der Waals surface area contributed by atoms with E-state index in [2.05, 4.69) is 10.3 Å². The van der Waals surface area contributed by atoms with Gasteiger partial charge in [0.1, 0.15) is 4.90 Å². The fourth-order valence-corrected chi connectivity index (χ4v) is 4.68. The monoisotopic (exact) mass is 445 g/mol. The van der Waals surface area contributed by atoms with Gasteiger partial charge in [0.2, 0.25) is 10.0 Å². The molecule has 0 bridgehead atoms. The lowest BCUT2D eigenvalue weighted by Crippen LogP contribution is -2.40. The van der Waals surface area contributed by atoms with Crippen LogP contribution in [0.15, 0.2) is 53.7 Å². The summed E-state index contributed by atoms with van der Waals surface area (Å²) in [6, 6.07) is 9.49. The van der Waals surface area contributed by atoms with Crippen LogP contribution in [0.4, 0.5) is 5.69 Å². The van der Waals surface area contributed by atoms with Crippen molar-refractivity contribution in [2.45, 2.75) is 24.7 Å². The fraction of sp³-hybridized carbons (Fsp3) is 0.333. The molecule has 1 aliphatic heterocycles. The van der Waals surface area contributed by atoms with Crippen molar-refractivity contribution in [3.8, 4) is 0 Å². The number of sulfonamides is 1. The van der Waals surface area contributed by atoms with Crippen LogP contribution in [0.1, 0.15) is 30.1 Å². The average Bonchev–Trinajstić information content (AvgIpc) is 2.78. The maximum absolute atomic E-state index is 12.6. The summed E-state index contributed by atoms with van der Waals surface area (Å²) in [5, 5.41) is 2.58. The number of hydrogen-bond donors (Lipinski definition) is 1. The number of ketones is 1. The van der Waals surface area contributed by atoms with Crippen LogP contribution in [0.2, 0.25) is 0 Å². The number of Topliss-reactive ketones (excluding diaryl/α,β-unsaturated/α-hetero) is 1. The highest BCUT2D eigenvalue weighted by Gasteiger charge is 2.33. The first kappa shape index (κ1) is 22.6. The third kappa shape index (κ3) is 5.74. The molecule has 0 atom stereocenters. The molecule has 164 valence electrons. The molecule has 10 heteroatoms. The lowest BCUT2D eigenvalue weighted by molar-refractivity contribution is -0.152. The molecule has 2 heterocycles. The molecular formula is C21H23N3O6S. The minimum Gasteiger partial charge on any atom is -0.455 e. The molecule has 9 nitrogen and oxygen atoms in total. The van der Waals surface area contributed by atoms with E-state index in [4.69, 9.17) is 4.74 Å². The first-order chi connectivity index (χ1) is 14.8. The molecule has 0 saturated carbocycles. The molecule has 2 aromatic rings. The number of hydrogen-bond acceptors (Lipinski definition) is 7. The largest absolute Gasteiger partial charge is 0.455 e. The number of benzene rings is 1. The first-order valence-electron chi connectivity index (χ1n) is 9.75. The van der Waals surface area contributed by atoms with E-state index < -0.39 is 34.4 Å². The van der Waals surface area contributed by atoms with Crippen molar-refractivity contribution in [2.24, 2.45) is 5.92 Å². The van der Waals surface area contributed by atoms with E-state index in [1.54, 1.807) is 30.3 Å². The molecule has 1 aromatic carbocycles. The Hall–Kier alpha value is -3.11. The summed E-state index contributed by atoms with van der Waals surface area (Å²) in [7, 11) is -3.65. The molecule has 31 heavy (non-hydrogen) atoms. The van der Waals surface area contributed by atoms with Gasteiger partial charge in [-0.05, 0) is 44.0 Å². The number of amides is 1. The van der Waals surface area contributed by atoms with E-state index in [0.717, 1.165) is 0 Å². The van der Waals surface area contributed by atoms with Crippen LogP contribution in [0, 0.1) is 5.92 Å². The third-order valence-electron chi connectivity index (χ3n) is 4.96. The smallest absolute Gasteiger partial charge is 0.309 e. The second kappa shape index (κ2) is 9.80. The summed E-state index contributed by atoms with van der Waals surface area (Å²) in [4.78, 5) is 39.7. The Balaban J connectivity index is 1.47. The highest BCUT2D eigenvalue weighted by molar-refractivity contribution is 7.89. The Bertz CT molecular complexity index is 1060. The molecule has 0 aliphatic carbocycles. The van der Waals surface area contributed by atoms with E-state index >= 15 is 0 Å². The number of carbonyl (C=O) groups excluding carboxylic acids is 3. The maximum Gasteiger partial charge on any atom is 0.309 e. The quantitative estimate of drug-likeness (QED) is 0.510. The zero-order valence-electron chi connectivity index (χ0n) is 17.0. The van der Waals surface area contributed by atoms with Crippen molar-refractivity contribution in [3.05, 3.63) is 54.4 Å². The van der Waals surface area contributed by atoms with Crippen LogP contribution in [0.25, 0.3) is 0 Å². The number of piperidine rings is 1. The number of rotatable bonds is 7. The predicted molar refractivity (Wildman–Crippen MR) is 112 cm³/mol. The van der Waals surface area contributed by atoms with Gasteiger partial charge in [-0.15, -0.1) is 0 Å². The molecule has 1 saturated heterocycles. The van der Waals surface area contributed by atoms with Gasteiger partial charge in [-0.3, -0.25) is 19.4 Å². The molecule has 1 aromatic heterocycles. The van der Waals surface area contributed by atoms with Gasteiger partial charge in [0, 0.05) is 36.7 Å². The predicted octanol–water partition coefficient (Wildman–Crippen LogP) is 1.87. The van der Waals surface area contributed by atoms with E-state index in [1.807, 2.05) is 0 Å². The van der Waals surface area contributed by atoms with Crippen LogP contribution in [0.5, 0.6) is 0 Å². The number of carbonyl (C=O) groups is 3. The summed E-state index contributed by atoms with van der Waals surface area (Å²) in [6.07, 6.45) is 3.40. The second-order valence-corrected chi connectivity index (χ2v) is 9.10. The van der Waals surface area contributed by atoms with E-state index in [0.29, 0.717) is 24.1 Å². The van der Waals surface area contributed by atoms with Crippen molar-refractivity contribution in [2.75, 3.05) is 25.0 Å². The average molecular weight is 445 g/mol. The minimum atomic E-state index is -3.65. The Morgan fingerprint density at radius 1 is 1.16 bits per heavy atom. The number of nitrogens with zero attached hydrogens (tertiary/aromatic N) is 2. The lowest BCUT2D eigenvalue weighted by atomic mass is 9.98. The molecule has 0 radical (unpaired) electrons. The number of nitrogens with one attached hydrogen (secondary N) is 1. The molecule has 0 unspecified atom stereocenters. The van der Waals surface area contributed by atoms with Crippen molar-refractivity contribution in [1.82, 2.24) is 9.29 Å². The van der Waals surface area contributed by atoms with Gasteiger partial charge in [0.25, 0.3) is 5.91 Å². The third-order valence-corrected chi connectivity index (χ3v) is 6.84. The molecule has 1 amide bonds. The normalized spacial score (nSPS) is 15.3. The Kier molecular flexibility index (Phi) is 7.13. The summed E-state index contributed by atoms with van der Waals surface area (Å²) in [5.41, 5.74) is 0.894. The van der Waals surface area contributed by atoms with Gasteiger partial charge in [0.15, 0.2) is 12.4 Å². The highest BCUT2D eigenvalue weighted by Crippen LogP contribution is 2.24. The SMILES string of the molecule is CC(=O)c1cccc(NC(=O)COC(=O)C2CCN(S(=O)(=O)c3cccnc3)CC2)c1. The van der Waals surface area contributed by atoms with Crippen LogP contribution >= 0.6 is 0 Å². The Morgan fingerprint density at radius 2 is 1.90 bits per heavy atom. The number of esters is 1. The number of aromatic nitrogens is 1. The van der Waals surface area contributed by atoms with Crippen LogP contribution in [0.3, 0.4) is 0 Å². The Labute approximate surface area is 180 Å². The fourth-order valence-electron chi connectivity index (χ4n) is 3.25. The Morgan fingerprint density at radius 3 is 2.55 bits per heavy atom. The molecule has 3 rings (SSSR count). The van der Waals surface area contributed by atoms with Crippen LogP contribution < -0.4 is 5.32 Å². The topological polar surface area (TPSA) is 123 Å². The van der Waals surface area contributed by atoms with Gasteiger partial charge in [-0.25, -0.2) is 8.42 Å². The minimum absolute atomic E-state index is 0.113. The lowest BCUT2D eigenvalue weighted by Gasteiger charge is -2.29. The summed E-state index contributed by atoms with van der Waals surface area (Å²) in [5.74, 6) is -1.66. The van der Waals surface area contributed by atoms with Gasteiger partial charge < -0.3 is 10.1 Å². The van der Waals surface area contributed by atoms with Crippen molar-refractivity contribution in [3.63, 3.8) is 0 Å². The number of pyridine rings is 1. The molecule has 1 aliphatic rings. The van der Waals surface area contributed by atoms with Gasteiger partial charge in [-0.1, -0.05) is 12.1 Å². The molecule has 1 fully saturated rings. The van der Waals surface area contributed by atoms with Gasteiger partial charge in [-0.2, -0.15) is 4.31 Å². The summed E-state index contributed by atoms with van der Waals surface area (Å²) >= 11 is 0. The standard InChI is InChI=1S/C21H23N3O6S/c1-15(25)17-4-2-5-18(12-17)23-20(26)14-30-21(27)16-7-10-24(11-8-16)31(28,29)19-6-3-9-22-13-19/h2-6,9,12-13,16H,7-8,10-11,14H2,1H3,(H,23,26). The zero-order valence-corrected chi connectivity index (χ0v) is 17.8. The molecular weight excluding hydrogens is 422 g/mol. The van der Waals surface area contributed by atoms with Crippen molar-refractivity contribution >= 4 is 33.4 Å². The van der Waals surface area contributed by atoms with E-state index in [1.165, 1.54) is 29.7 Å². The molecule has 1 N–H and O–H groups in total. The van der Waals surface area contributed by atoms with Crippen LogP contribution in [-0.4, -0.2) is 55.1 Å². The first-order valence-corrected chi connectivity index (χ1v) is 11.2. The van der Waals surface area contributed by atoms with Gasteiger partial charge >= 0.3 is 5.97 Å².